The van der Waals surface area contributed by atoms with Gasteiger partial charge in [0.1, 0.15) is 0 Å². The first kappa shape index (κ1) is 14.1. The van der Waals surface area contributed by atoms with Crippen LogP contribution in [0.1, 0.15) is 46.4 Å². The molecule has 112 valence electrons. The highest BCUT2D eigenvalue weighted by Gasteiger charge is 2.36. The van der Waals surface area contributed by atoms with Crippen molar-refractivity contribution in [1.29, 1.82) is 0 Å². The lowest BCUT2D eigenvalue weighted by molar-refractivity contribution is -0.0752. The molecule has 2 atom stereocenters. The number of benzene rings is 1. The van der Waals surface area contributed by atoms with Gasteiger partial charge in [-0.15, -0.1) is 0 Å². The standard InChI is InChI=1S/C16H20N2O3/c17-15(19)11-4-3-5-12(10-11)16(20)18-8-9-21-14-7-2-1-6-13(14)18/h3-5,10,13-14H,1-2,6-9H2,(H2,17,19). The Morgan fingerprint density at radius 1 is 1.19 bits per heavy atom. The third-order valence-electron chi connectivity index (χ3n) is 4.39. The molecule has 21 heavy (non-hydrogen) atoms. The van der Waals surface area contributed by atoms with E-state index in [1.165, 1.54) is 6.42 Å². The van der Waals surface area contributed by atoms with Crippen molar-refractivity contribution in [1.82, 2.24) is 4.90 Å². The summed E-state index contributed by atoms with van der Waals surface area (Å²) < 4.78 is 5.79. The highest BCUT2D eigenvalue weighted by atomic mass is 16.5. The number of amides is 2. The third kappa shape index (κ3) is 2.78. The van der Waals surface area contributed by atoms with Crippen LogP contribution >= 0.6 is 0 Å². The SMILES string of the molecule is NC(=O)c1cccc(C(=O)N2CCOC3CCCCC32)c1. The van der Waals surface area contributed by atoms with Gasteiger partial charge in [0, 0.05) is 17.7 Å². The summed E-state index contributed by atoms with van der Waals surface area (Å²) in [5, 5.41) is 0. The number of carbonyl (C=O) groups is 2. The topological polar surface area (TPSA) is 72.6 Å². The number of primary amides is 1. The second kappa shape index (κ2) is 5.85. The first-order valence-electron chi connectivity index (χ1n) is 7.49. The Labute approximate surface area is 124 Å². The molecule has 1 saturated heterocycles. The van der Waals surface area contributed by atoms with Gasteiger partial charge in [-0.25, -0.2) is 0 Å². The molecule has 2 amide bonds. The molecule has 5 nitrogen and oxygen atoms in total. The average Bonchev–Trinajstić information content (AvgIpc) is 2.53. The summed E-state index contributed by atoms with van der Waals surface area (Å²) in [6, 6.07) is 6.81. The van der Waals surface area contributed by atoms with Gasteiger partial charge in [-0.3, -0.25) is 9.59 Å². The van der Waals surface area contributed by atoms with Crippen molar-refractivity contribution in [3.63, 3.8) is 0 Å². The largest absolute Gasteiger partial charge is 0.374 e. The zero-order chi connectivity index (χ0) is 14.8. The molecule has 2 unspecified atom stereocenters. The second-order valence-corrected chi connectivity index (χ2v) is 5.70. The summed E-state index contributed by atoms with van der Waals surface area (Å²) in [5.74, 6) is -0.541. The third-order valence-corrected chi connectivity index (χ3v) is 4.39. The highest BCUT2D eigenvalue weighted by molar-refractivity contribution is 5.99. The predicted octanol–water partition coefficient (Wildman–Crippen LogP) is 1.57. The zero-order valence-corrected chi connectivity index (χ0v) is 12.0. The van der Waals surface area contributed by atoms with Gasteiger partial charge in [0.05, 0.1) is 18.8 Å². The summed E-state index contributed by atoms with van der Waals surface area (Å²) in [7, 11) is 0. The van der Waals surface area contributed by atoms with Crippen LogP contribution in [0.25, 0.3) is 0 Å². The van der Waals surface area contributed by atoms with Crippen molar-refractivity contribution < 1.29 is 14.3 Å². The predicted molar refractivity (Wildman–Crippen MR) is 78.0 cm³/mol. The number of rotatable bonds is 2. The van der Waals surface area contributed by atoms with Crippen molar-refractivity contribution in [2.24, 2.45) is 5.73 Å². The van der Waals surface area contributed by atoms with E-state index in [9.17, 15) is 9.59 Å². The molecule has 2 fully saturated rings. The fourth-order valence-corrected chi connectivity index (χ4v) is 3.32. The number of fused-ring (bicyclic) bond motifs is 1. The number of nitrogens with zero attached hydrogens (tertiary/aromatic N) is 1. The van der Waals surface area contributed by atoms with Crippen LogP contribution in [-0.2, 0) is 4.74 Å². The molecule has 1 saturated carbocycles. The first-order chi connectivity index (χ1) is 10.2. The van der Waals surface area contributed by atoms with Crippen LogP contribution in [0, 0.1) is 0 Å². The van der Waals surface area contributed by atoms with E-state index in [1.807, 2.05) is 4.90 Å². The highest BCUT2D eigenvalue weighted by Crippen LogP contribution is 2.29. The fourth-order valence-electron chi connectivity index (χ4n) is 3.32. The van der Waals surface area contributed by atoms with E-state index >= 15 is 0 Å². The normalized spacial score (nSPS) is 25.2. The Bertz CT molecular complexity index is 556. The fraction of sp³-hybridized carbons (Fsp3) is 0.500. The number of carbonyl (C=O) groups excluding carboxylic acids is 2. The quantitative estimate of drug-likeness (QED) is 0.897. The molecule has 1 heterocycles. The molecular weight excluding hydrogens is 268 g/mol. The molecule has 3 rings (SSSR count). The van der Waals surface area contributed by atoms with Crippen LogP contribution in [0.4, 0.5) is 0 Å². The van der Waals surface area contributed by atoms with Gasteiger partial charge >= 0.3 is 0 Å². The second-order valence-electron chi connectivity index (χ2n) is 5.70. The lowest BCUT2D eigenvalue weighted by Gasteiger charge is -2.43. The van der Waals surface area contributed by atoms with Crippen LogP contribution in [0.3, 0.4) is 0 Å². The molecule has 1 aliphatic heterocycles. The monoisotopic (exact) mass is 288 g/mol. The molecule has 1 aromatic rings. The molecule has 0 radical (unpaired) electrons. The summed E-state index contributed by atoms with van der Waals surface area (Å²) >= 11 is 0. The Balaban J connectivity index is 1.83. The molecule has 5 heteroatoms. The lowest BCUT2D eigenvalue weighted by Crippen LogP contribution is -2.54. The van der Waals surface area contributed by atoms with Gasteiger partial charge in [0.15, 0.2) is 0 Å². The molecule has 0 aromatic heterocycles. The summed E-state index contributed by atoms with van der Waals surface area (Å²) in [5.41, 5.74) is 6.18. The van der Waals surface area contributed by atoms with Crippen LogP contribution in [0.5, 0.6) is 0 Å². The van der Waals surface area contributed by atoms with E-state index in [4.69, 9.17) is 10.5 Å². The average molecular weight is 288 g/mol. The van der Waals surface area contributed by atoms with Crippen molar-refractivity contribution in [3.8, 4) is 0 Å². The zero-order valence-electron chi connectivity index (χ0n) is 12.0. The maximum Gasteiger partial charge on any atom is 0.254 e. The number of nitrogens with two attached hydrogens (primary N) is 1. The smallest absolute Gasteiger partial charge is 0.254 e. The van der Waals surface area contributed by atoms with Crippen molar-refractivity contribution >= 4 is 11.8 Å². The van der Waals surface area contributed by atoms with Crippen LogP contribution < -0.4 is 5.73 Å². The van der Waals surface area contributed by atoms with E-state index in [-0.39, 0.29) is 18.1 Å². The summed E-state index contributed by atoms with van der Waals surface area (Å²) in [4.78, 5) is 25.9. The van der Waals surface area contributed by atoms with Gasteiger partial charge in [-0.05, 0) is 31.0 Å². The lowest BCUT2D eigenvalue weighted by atomic mass is 9.89. The van der Waals surface area contributed by atoms with E-state index in [0.717, 1.165) is 19.3 Å². The Morgan fingerprint density at radius 2 is 1.95 bits per heavy atom. The van der Waals surface area contributed by atoms with Crippen molar-refractivity contribution in [3.05, 3.63) is 35.4 Å². The van der Waals surface area contributed by atoms with E-state index < -0.39 is 5.91 Å². The minimum absolute atomic E-state index is 0.0294. The van der Waals surface area contributed by atoms with E-state index in [0.29, 0.717) is 24.3 Å². The number of hydrogen-bond acceptors (Lipinski definition) is 3. The maximum atomic E-state index is 12.7. The van der Waals surface area contributed by atoms with Crippen LogP contribution in [-0.4, -0.2) is 42.0 Å². The summed E-state index contributed by atoms with van der Waals surface area (Å²) in [6.45, 7) is 1.20. The summed E-state index contributed by atoms with van der Waals surface area (Å²) in [6.07, 6.45) is 4.48. The molecule has 2 N–H and O–H groups in total. The minimum Gasteiger partial charge on any atom is -0.374 e. The van der Waals surface area contributed by atoms with Crippen LogP contribution in [0.2, 0.25) is 0 Å². The van der Waals surface area contributed by atoms with E-state index in [1.54, 1.807) is 24.3 Å². The maximum absolute atomic E-state index is 12.7. The van der Waals surface area contributed by atoms with Gasteiger partial charge in [-0.2, -0.15) is 0 Å². The van der Waals surface area contributed by atoms with Gasteiger partial charge in [-0.1, -0.05) is 18.9 Å². The van der Waals surface area contributed by atoms with Crippen LogP contribution in [0.15, 0.2) is 24.3 Å². The van der Waals surface area contributed by atoms with Gasteiger partial charge in [0.2, 0.25) is 5.91 Å². The Kier molecular flexibility index (Phi) is 3.92. The minimum atomic E-state index is -0.512. The molecule has 2 aliphatic rings. The Morgan fingerprint density at radius 3 is 2.76 bits per heavy atom. The van der Waals surface area contributed by atoms with Gasteiger partial charge < -0.3 is 15.4 Å². The molecule has 0 bridgehead atoms. The molecular formula is C16H20N2O3. The molecule has 0 spiro atoms. The van der Waals surface area contributed by atoms with Crippen molar-refractivity contribution in [2.75, 3.05) is 13.2 Å². The molecule has 1 aliphatic carbocycles. The Hall–Kier alpha value is -1.88. The number of hydrogen-bond donors (Lipinski definition) is 1. The number of morpholine rings is 1. The van der Waals surface area contributed by atoms with E-state index in [2.05, 4.69) is 0 Å². The van der Waals surface area contributed by atoms with Crippen molar-refractivity contribution in [2.45, 2.75) is 37.8 Å². The number of ether oxygens (including phenoxy) is 1. The van der Waals surface area contributed by atoms with Gasteiger partial charge in [0.25, 0.3) is 5.91 Å². The first-order valence-corrected chi connectivity index (χ1v) is 7.49. The molecule has 1 aromatic carbocycles.